The highest BCUT2D eigenvalue weighted by molar-refractivity contribution is 6.37. The van der Waals surface area contributed by atoms with E-state index in [1.807, 2.05) is 24.4 Å². The summed E-state index contributed by atoms with van der Waals surface area (Å²) in [5.74, 6) is -0.0953. The monoisotopic (exact) mass is 318 g/mol. The van der Waals surface area contributed by atoms with E-state index >= 15 is 0 Å². The lowest BCUT2D eigenvalue weighted by Crippen LogP contribution is -1.99. The van der Waals surface area contributed by atoms with E-state index in [4.69, 9.17) is 23.2 Å². The maximum Gasteiger partial charge on any atom is 0.152 e. The Hall–Kier alpha value is -1.97. The Kier molecular flexibility index (Phi) is 3.86. The molecule has 0 bridgehead atoms. The number of hydrogen-bond donors (Lipinski definition) is 2. The average molecular weight is 319 g/mol. The van der Waals surface area contributed by atoms with E-state index in [1.54, 1.807) is 18.3 Å². The van der Waals surface area contributed by atoms with E-state index in [-0.39, 0.29) is 15.8 Å². The lowest BCUT2D eigenvalue weighted by atomic mass is 10.1. The summed E-state index contributed by atoms with van der Waals surface area (Å²) in [6.07, 6.45) is 3.62. The maximum atomic E-state index is 9.54. The van der Waals surface area contributed by atoms with Gasteiger partial charge in [-0.15, -0.1) is 0 Å². The molecule has 0 aliphatic heterocycles. The molecular weight excluding hydrogens is 307 g/mol. The molecule has 106 valence electrons. The van der Waals surface area contributed by atoms with Crippen molar-refractivity contribution in [3.8, 4) is 5.75 Å². The van der Waals surface area contributed by atoms with Crippen LogP contribution in [0.1, 0.15) is 5.56 Å². The lowest BCUT2D eigenvalue weighted by Gasteiger charge is -2.09. The number of hydrogen-bond acceptors (Lipinski definition) is 3. The molecule has 0 atom stereocenters. The van der Waals surface area contributed by atoms with Gasteiger partial charge in [0.05, 0.1) is 10.0 Å². The second kappa shape index (κ2) is 5.80. The third-order valence-electron chi connectivity index (χ3n) is 3.22. The third-order valence-corrected chi connectivity index (χ3v) is 3.79. The van der Waals surface area contributed by atoms with E-state index in [9.17, 15) is 5.11 Å². The molecule has 0 saturated heterocycles. The van der Waals surface area contributed by atoms with Gasteiger partial charge >= 0.3 is 0 Å². The summed E-state index contributed by atoms with van der Waals surface area (Å²) in [6.45, 7) is 0.635. The number of anilines is 1. The first-order chi connectivity index (χ1) is 10.1. The molecule has 5 heteroatoms. The van der Waals surface area contributed by atoms with Crippen molar-refractivity contribution in [2.45, 2.75) is 6.54 Å². The van der Waals surface area contributed by atoms with Crippen LogP contribution in [0, 0.1) is 0 Å². The van der Waals surface area contributed by atoms with Crippen LogP contribution in [0.5, 0.6) is 5.75 Å². The molecule has 1 heterocycles. The van der Waals surface area contributed by atoms with Crippen LogP contribution in [0.3, 0.4) is 0 Å². The Balaban J connectivity index is 1.80. The van der Waals surface area contributed by atoms with Crippen molar-refractivity contribution in [3.63, 3.8) is 0 Å². The summed E-state index contributed by atoms with van der Waals surface area (Å²) < 4.78 is 0. The number of nitrogens with one attached hydrogen (secondary N) is 1. The van der Waals surface area contributed by atoms with Crippen LogP contribution in [0.15, 0.2) is 48.8 Å². The predicted octanol–water partition coefficient (Wildman–Crippen LogP) is 4.86. The molecule has 0 aliphatic carbocycles. The summed E-state index contributed by atoms with van der Waals surface area (Å²) in [4.78, 5) is 4.10. The smallest absolute Gasteiger partial charge is 0.152 e. The summed E-state index contributed by atoms with van der Waals surface area (Å²) >= 11 is 11.8. The molecule has 0 spiro atoms. The van der Waals surface area contributed by atoms with Gasteiger partial charge in [0, 0.05) is 30.0 Å². The van der Waals surface area contributed by atoms with Crippen LogP contribution in [-0.2, 0) is 6.54 Å². The maximum absolute atomic E-state index is 9.54. The van der Waals surface area contributed by atoms with Gasteiger partial charge in [-0.2, -0.15) is 0 Å². The number of fused-ring (bicyclic) bond motifs is 1. The molecule has 2 N–H and O–H groups in total. The number of halogens is 2. The Labute approximate surface area is 132 Å². The van der Waals surface area contributed by atoms with Crippen molar-refractivity contribution in [1.82, 2.24) is 4.98 Å². The number of aromatic nitrogens is 1. The van der Waals surface area contributed by atoms with Crippen LogP contribution in [0.2, 0.25) is 10.0 Å². The quantitative estimate of drug-likeness (QED) is 0.678. The predicted molar refractivity (Wildman–Crippen MR) is 87.2 cm³/mol. The number of phenols is 1. The van der Waals surface area contributed by atoms with Crippen molar-refractivity contribution in [3.05, 3.63) is 64.4 Å². The van der Waals surface area contributed by atoms with E-state index in [1.165, 1.54) is 0 Å². The van der Waals surface area contributed by atoms with E-state index in [0.29, 0.717) is 6.54 Å². The number of aromatic hydroxyl groups is 1. The largest absolute Gasteiger partial charge is 0.505 e. The minimum Gasteiger partial charge on any atom is -0.505 e. The highest BCUT2D eigenvalue weighted by atomic mass is 35.5. The number of phenolic OH excluding ortho intramolecular Hbond substituents is 1. The number of nitrogens with zero attached hydrogens (tertiary/aromatic N) is 1. The molecule has 1 aromatic heterocycles. The van der Waals surface area contributed by atoms with E-state index in [0.717, 1.165) is 22.0 Å². The van der Waals surface area contributed by atoms with E-state index < -0.39 is 0 Å². The van der Waals surface area contributed by atoms with Gasteiger partial charge in [-0.1, -0.05) is 35.3 Å². The van der Waals surface area contributed by atoms with Crippen molar-refractivity contribution in [2.24, 2.45) is 0 Å². The molecule has 3 nitrogen and oxygen atoms in total. The molecule has 0 fully saturated rings. The zero-order valence-electron chi connectivity index (χ0n) is 11.0. The Bertz CT molecular complexity index is 782. The average Bonchev–Trinajstić information content (AvgIpc) is 2.50. The fraction of sp³-hybridized carbons (Fsp3) is 0.0625. The first-order valence-corrected chi connectivity index (χ1v) is 7.13. The zero-order chi connectivity index (χ0) is 14.8. The minimum absolute atomic E-state index is 0.0953. The molecule has 3 rings (SSSR count). The molecule has 0 unspecified atom stereocenters. The van der Waals surface area contributed by atoms with Gasteiger partial charge in [-0.25, -0.2) is 0 Å². The molecule has 0 radical (unpaired) electrons. The topological polar surface area (TPSA) is 45.1 Å². The molecule has 0 aliphatic rings. The number of rotatable bonds is 3. The Morgan fingerprint density at radius 2 is 1.76 bits per heavy atom. The van der Waals surface area contributed by atoms with Crippen LogP contribution in [-0.4, -0.2) is 10.1 Å². The van der Waals surface area contributed by atoms with Crippen LogP contribution < -0.4 is 5.32 Å². The molecule has 0 saturated carbocycles. The molecule has 2 aromatic carbocycles. The fourth-order valence-electron chi connectivity index (χ4n) is 2.11. The van der Waals surface area contributed by atoms with Crippen LogP contribution >= 0.6 is 23.2 Å². The van der Waals surface area contributed by atoms with E-state index in [2.05, 4.69) is 16.4 Å². The number of pyridine rings is 1. The Morgan fingerprint density at radius 3 is 2.52 bits per heavy atom. The van der Waals surface area contributed by atoms with Gasteiger partial charge < -0.3 is 10.4 Å². The standard InChI is InChI=1S/C16H12Cl2N2O/c17-14-6-13(7-15(18)16(14)21)20-8-10-1-2-12-9-19-4-3-11(12)5-10/h1-7,9,20-21H,8H2. The van der Waals surface area contributed by atoms with Crippen molar-refractivity contribution >= 4 is 39.7 Å². The zero-order valence-corrected chi connectivity index (χ0v) is 12.5. The van der Waals surface area contributed by atoms with Gasteiger partial charge in [0.25, 0.3) is 0 Å². The van der Waals surface area contributed by atoms with Crippen molar-refractivity contribution < 1.29 is 5.11 Å². The molecular formula is C16H12Cl2N2O. The van der Waals surface area contributed by atoms with Gasteiger partial charge in [-0.3, -0.25) is 4.98 Å². The fourth-order valence-corrected chi connectivity index (χ4v) is 2.60. The first-order valence-electron chi connectivity index (χ1n) is 6.38. The summed E-state index contributed by atoms with van der Waals surface area (Å²) in [7, 11) is 0. The summed E-state index contributed by atoms with van der Waals surface area (Å²) in [5, 5.41) is 15.5. The number of benzene rings is 2. The normalized spacial score (nSPS) is 10.8. The second-order valence-corrected chi connectivity index (χ2v) is 5.51. The van der Waals surface area contributed by atoms with Crippen LogP contribution in [0.4, 0.5) is 5.69 Å². The summed E-state index contributed by atoms with van der Waals surface area (Å²) in [5.41, 5.74) is 1.90. The van der Waals surface area contributed by atoms with Crippen molar-refractivity contribution in [1.29, 1.82) is 0 Å². The highest BCUT2D eigenvalue weighted by Gasteiger charge is 2.06. The second-order valence-electron chi connectivity index (χ2n) is 4.70. The lowest BCUT2D eigenvalue weighted by molar-refractivity contribution is 0.476. The minimum atomic E-state index is -0.0953. The van der Waals surface area contributed by atoms with Gasteiger partial charge in [0.1, 0.15) is 0 Å². The van der Waals surface area contributed by atoms with Gasteiger partial charge in [0.15, 0.2) is 5.75 Å². The SMILES string of the molecule is Oc1c(Cl)cc(NCc2ccc3cnccc3c2)cc1Cl. The summed E-state index contributed by atoms with van der Waals surface area (Å²) in [6, 6.07) is 11.5. The van der Waals surface area contributed by atoms with Crippen LogP contribution in [0.25, 0.3) is 10.8 Å². The highest BCUT2D eigenvalue weighted by Crippen LogP contribution is 2.34. The third kappa shape index (κ3) is 3.04. The first kappa shape index (κ1) is 14.0. The molecule has 21 heavy (non-hydrogen) atoms. The Morgan fingerprint density at radius 1 is 1.00 bits per heavy atom. The molecule has 0 amide bonds. The molecule has 3 aromatic rings. The van der Waals surface area contributed by atoms with Gasteiger partial charge in [0.2, 0.25) is 0 Å². The van der Waals surface area contributed by atoms with Crippen molar-refractivity contribution in [2.75, 3.05) is 5.32 Å². The van der Waals surface area contributed by atoms with Gasteiger partial charge in [-0.05, 0) is 35.2 Å².